The summed E-state index contributed by atoms with van der Waals surface area (Å²) >= 11 is 0. The highest BCUT2D eigenvalue weighted by Crippen LogP contribution is 1.83. The third-order valence-corrected chi connectivity index (χ3v) is 0.882. The molecule has 6 N–H and O–H groups in total. The number of aliphatic hydroxyl groups is 1. The summed E-state index contributed by atoms with van der Waals surface area (Å²) in [7, 11) is 2.26. The van der Waals surface area contributed by atoms with E-state index in [0.717, 1.165) is 0 Å². The molecule has 0 aliphatic rings. The van der Waals surface area contributed by atoms with Crippen LogP contribution in [0.5, 0.6) is 0 Å². The number of carbonyl (C=O) groups is 1. The van der Waals surface area contributed by atoms with E-state index in [2.05, 4.69) is 9.24 Å². The van der Waals surface area contributed by atoms with Gasteiger partial charge in [0.1, 0.15) is 12.4 Å². The zero-order valence-corrected chi connectivity index (χ0v) is 6.71. The van der Waals surface area contributed by atoms with Gasteiger partial charge in [0.2, 0.25) is 0 Å². The Morgan fingerprint density at radius 3 is 1.67 bits per heavy atom. The molecule has 0 aromatic heterocycles. The highest BCUT2D eigenvalue weighted by molar-refractivity contribution is 7.16. The predicted octanol–water partition coefficient (Wildman–Crippen LogP) is -1.21. The van der Waals surface area contributed by atoms with Crippen molar-refractivity contribution in [2.24, 2.45) is 0 Å². The summed E-state index contributed by atoms with van der Waals surface area (Å²) in [4.78, 5) is 23.5. The number of aliphatic hydroxyl groups excluding tert-OH is 1. The van der Waals surface area contributed by atoms with Gasteiger partial charge in [0, 0.05) is 12.8 Å². The summed E-state index contributed by atoms with van der Waals surface area (Å²) in [6.45, 7) is 0. The van der Waals surface area contributed by atoms with E-state index in [-0.39, 0.29) is 26.7 Å². The fourth-order valence-electron chi connectivity index (χ4n) is 0.0556. The molecule has 0 rings (SSSR count). The lowest BCUT2D eigenvalue weighted by molar-refractivity contribution is -0.113. The Morgan fingerprint density at radius 1 is 1.42 bits per heavy atom. The van der Waals surface area contributed by atoms with Crippen LogP contribution in [0.2, 0.25) is 0 Å². The van der Waals surface area contributed by atoms with Gasteiger partial charge in [0.15, 0.2) is 0 Å². The van der Waals surface area contributed by atoms with E-state index in [1.807, 2.05) is 0 Å². The second-order valence-electron chi connectivity index (χ2n) is 0.939. The molecular weight excluding hydrogens is 191 g/mol. The van der Waals surface area contributed by atoms with E-state index in [1.54, 1.807) is 0 Å². The molecule has 0 aliphatic heterocycles. The van der Waals surface area contributed by atoms with E-state index in [1.165, 1.54) is 0 Å². The third kappa shape index (κ3) is 55.5. The Kier molecular flexibility index (Phi) is 162. The van der Waals surface area contributed by atoms with Gasteiger partial charge < -0.3 is 26.3 Å². The first-order valence-corrected chi connectivity index (χ1v) is 2.63. The maximum atomic E-state index is 9.47. The van der Waals surface area contributed by atoms with E-state index >= 15 is 0 Å². The maximum absolute atomic E-state index is 9.47. The lowest BCUT2D eigenvalue weighted by Gasteiger charge is -1.89. The van der Waals surface area contributed by atoms with E-state index in [9.17, 15) is 4.79 Å². The molecule has 2 atom stereocenters. The number of hydrogen-bond acceptors (Lipinski definition) is 5. The molecule has 2 unspecified atom stereocenters. The molecule has 12 heavy (non-hydrogen) atoms. The van der Waals surface area contributed by atoms with Crippen molar-refractivity contribution in [3.8, 4) is 0 Å². The quantitative estimate of drug-likeness (QED) is 0.446. The Hall–Kier alpha value is -0.460. The minimum Gasteiger partial charge on any atom is -0.870 e. The molecule has 0 fully saturated rings. The van der Waals surface area contributed by atoms with Crippen LogP contribution in [0.1, 0.15) is 10.3 Å². The molecule has 0 bridgehead atoms. The molecule has 0 amide bonds. The molecule has 0 saturated carbocycles. The number of rotatable bonds is 2. The summed E-state index contributed by atoms with van der Waals surface area (Å²) in [5, 5.41) is 8.28. The molecule has 84 valence electrons. The van der Waals surface area contributed by atoms with E-state index < -0.39 is 6.10 Å². The van der Waals surface area contributed by atoms with Gasteiger partial charge in [-0.2, -0.15) is 0 Å². The van der Waals surface area contributed by atoms with Gasteiger partial charge in [0.25, 0.3) is 0 Å². The standard InChI is InChI=1S/C3H7O2P.CH4.O2.3H2O.2H2/c4-1-3(5)2-6;;1-2;;;;;/h1,3,5H,2,6H2;1H4;;3*1H2;2*1H/p-1. The fraction of sp³-hybridized carbons (Fsp3) is 0.750. The van der Waals surface area contributed by atoms with E-state index in [4.69, 9.17) is 15.0 Å². The predicted molar refractivity (Wildman–Crippen MR) is 53.5 cm³/mol. The van der Waals surface area contributed by atoms with Crippen LogP contribution in [-0.2, 0) is 4.79 Å². The van der Waals surface area contributed by atoms with Gasteiger partial charge in [0.05, 0.1) is 0 Å². The smallest absolute Gasteiger partial charge is 0.148 e. The first-order chi connectivity index (χ1) is 3.81. The summed E-state index contributed by atoms with van der Waals surface area (Å²) in [6, 6.07) is 0. The van der Waals surface area contributed by atoms with Crippen LogP contribution in [-0.4, -0.2) is 40.1 Å². The van der Waals surface area contributed by atoms with Crippen LogP contribution >= 0.6 is 9.24 Å². The Morgan fingerprint density at radius 2 is 1.67 bits per heavy atom. The summed E-state index contributed by atoms with van der Waals surface area (Å²) in [6.07, 6.45) is 0.159. The second kappa shape index (κ2) is 46.5. The number of carbonyl (C=O) groups excluding carboxylic acids is 1. The van der Waals surface area contributed by atoms with Gasteiger partial charge in [-0.25, -0.2) is 0 Å². The second-order valence-corrected chi connectivity index (χ2v) is 1.41. The van der Waals surface area contributed by atoms with Gasteiger partial charge >= 0.3 is 0 Å². The van der Waals surface area contributed by atoms with Crippen LogP contribution in [0.3, 0.4) is 0 Å². The van der Waals surface area contributed by atoms with Crippen molar-refractivity contribution >= 4 is 15.5 Å². The molecule has 0 aromatic carbocycles. The highest BCUT2D eigenvalue weighted by atomic mass is 31.0. The topological polar surface area (TPSA) is 164 Å². The lowest BCUT2D eigenvalue weighted by atomic mass is 10.5. The molecular formula is C4H20O7P-. The van der Waals surface area contributed by atoms with Crippen LogP contribution in [0.4, 0.5) is 0 Å². The third-order valence-electron chi connectivity index (χ3n) is 0.399. The number of aldehydes is 1. The maximum Gasteiger partial charge on any atom is 0.148 e. The van der Waals surface area contributed by atoms with Crippen molar-refractivity contribution in [1.82, 2.24) is 0 Å². The van der Waals surface area contributed by atoms with Crippen molar-refractivity contribution < 1.29 is 29.2 Å². The van der Waals surface area contributed by atoms with Crippen molar-refractivity contribution in [2.75, 3.05) is 6.16 Å². The molecule has 0 aromatic rings. The number of hydrogen-bond donors (Lipinski definition) is 1. The van der Waals surface area contributed by atoms with Crippen molar-refractivity contribution in [1.29, 1.82) is 0 Å². The first kappa shape index (κ1) is 41.8. The molecule has 0 heterocycles. The average Bonchev–Trinajstić information content (AvgIpc) is 1.91. The molecule has 0 aliphatic carbocycles. The van der Waals surface area contributed by atoms with Crippen LogP contribution in [0.25, 0.3) is 0 Å². The van der Waals surface area contributed by atoms with Crippen LogP contribution in [0, 0.1) is 9.93 Å². The Labute approximate surface area is 75.5 Å². The van der Waals surface area contributed by atoms with Crippen molar-refractivity contribution in [2.45, 2.75) is 13.5 Å². The Bertz CT molecular complexity index is 69.7. The molecule has 0 saturated heterocycles. The fourth-order valence-corrected chi connectivity index (χ4v) is 0.167. The minimum absolute atomic E-state index is 0. The van der Waals surface area contributed by atoms with Gasteiger partial charge in [-0.1, -0.05) is 7.43 Å². The monoisotopic (exact) mass is 211 g/mol. The molecule has 0 spiro atoms. The van der Waals surface area contributed by atoms with Crippen LogP contribution in [0.15, 0.2) is 0 Å². The summed E-state index contributed by atoms with van der Waals surface area (Å²) in [5.41, 5.74) is 0. The average molecular weight is 211 g/mol. The summed E-state index contributed by atoms with van der Waals surface area (Å²) < 4.78 is 0. The van der Waals surface area contributed by atoms with Gasteiger partial charge in [-0.3, -0.25) is 0 Å². The SMILES string of the molecule is C.O.O.O=CC(O)CP.O=O.[HH].[HH].[OH-]. The minimum atomic E-state index is -0.782. The normalized spacial score (nSPS) is 7.17. The molecule has 8 heteroatoms. The van der Waals surface area contributed by atoms with E-state index in [0.29, 0.717) is 12.4 Å². The largest absolute Gasteiger partial charge is 0.870 e. The van der Waals surface area contributed by atoms with Gasteiger partial charge in [-0.05, 0) is 6.16 Å². The first-order valence-electron chi connectivity index (χ1n) is 1.81. The Balaban J connectivity index is -0.00000000708. The van der Waals surface area contributed by atoms with Crippen molar-refractivity contribution in [3.05, 3.63) is 9.93 Å². The zero-order valence-electron chi connectivity index (χ0n) is 5.56. The van der Waals surface area contributed by atoms with Crippen molar-refractivity contribution in [3.63, 3.8) is 0 Å². The lowest BCUT2D eigenvalue weighted by Crippen LogP contribution is -2.07. The summed E-state index contributed by atoms with van der Waals surface area (Å²) in [5.74, 6) is 0. The molecule has 7 nitrogen and oxygen atoms in total. The molecule has 0 radical (unpaired) electrons. The van der Waals surface area contributed by atoms with Gasteiger partial charge in [-0.15, -0.1) is 9.24 Å². The highest BCUT2D eigenvalue weighted by Gasteiger charge is 1.91. The zero-order chi connectivity index (χ0) is 6.99. The van der Waals surface area contributed by atoms with Crippen LogP contribution < -0.4 is 0 Å².